The lowest BCUT2D eigenvalue weighted by molar-refractivity contribution is -0.318. The highest BCUT2D eigenvalue weighted by Gasteiger charge is 2.48. The molecule has 0 aromatic rings. The molecular formula is C38H70N4O17S3. The van der Waals surface area contributed by atoms with Crippen molar-refractivity contribution >= 4 is 52.9 Å². The predicted octanol–water partition coefficient (Wildman–Crippen LogP) is -3.86. The molecule has 62 heavy (non-hydrogen) atoms. The fourth-order valence-corrected chi connectivity index (χ4v) is 9.70. The molecule has 24 heteroatoms. The van der Waals surface area contributed by atoms with E-state index in [9.17, 15) is 55.5 Å². The van der Waals surface area contributed by atoms with E-state index < -0.39 is 97.5 Å². The average molecular weight is 951 g/mol. The molecule has 3 fully saturated rings. The molecule has 3 aliphatic rings. The summed E-state index contributed by atoms with van der Waals surface area (Å²) in [6, 6.07) is 0. The number of amidine groups is 1. The smallest absolute Gasteiger partial charge is 0.220 e. The van der Waals surface area contributed by atoms with E-state index in [2.05, 4.69) is 15.6 Å². The monoisotopic (exact) mass is 950 g/mol. The summed E-state index contributed by atoms with van der Waals surface area (Å²) >= 11 is 4.52. The molecule has 1 aliphatic carbocycles. The molecule has 0 aromatic carbocycles. The Balaban J connectivity index is 1.34. The molecule has 2 aliphatic heterocycles. The average Bonchev–Trinajstić information content (AvgIpc) is 3.27. The molecule has 15 atom stereocenters. The number of amides is 2. The molecule has 0 aromatic heterocycles. The van der Waals surface area contributed by atoms with E-state index in [0.29, 0.717) is 67.0 Å². The third kappa shape index (κ3) is 17.9. The molecule has 0 radical (unpaired) electrons. The first-order chi connectivity index (χ1) is 29.8. The number of nitrogens with two attached hydrogens (primary N) is 1. The first-order valence-electron chi connectivity index (χ1n) is 21.0. The van der Waals surface area contributed by atoms with Crippen molar-refractivity contribution in [3.8, 4) is 0 Å². The molecule has 3 rings (SSSR count). The van der Waals surface area contributed by atoms with Gasteiger partial charge in [0.25, 0.3) is 0 Å². The van der Waals surface area contributed by atoms with Crippen molar-refractivity contribution in [2.75, 3.05) is 89.0 Å². The van der Waals surface area contributed by atoms with Gasteiger partial charge in [-0.15, -0.1) is 11.8 Å². The first kappa shape index (κ1) is 55.2. The molecule has 0 spiro atoms. The molecule has 13 N–H and O–H groups in total. The van der Waals surface area contributed by atoms with Crippen molar-refractivity contribution < 1.29 is 84.0 Å². The Bertz CT molecular complexity index is 1300. The van der Waals surface area contributed by atoms with Crippen LogP contribution in [-0.2, 0) is 38.0 Å². The van der Waals surface area contributed by atoms with E-state index >= 15 is 0 Å². The number of nitrogens with zero attached hydrogens (tertiary/aromatic N) is 1. The minimum Gasteiger partial charge on any atom is -0.396 e. The zero-order valence-corrected chi connectivity index (χ0v) is 37.9. The van der Waals surface area contributed by atoms with Crippen molar-refractivity contribution in [1.82, 2.24) is 10.6 Å². The van der Waals surface area contributed by atoms with Gasteiger partial charge in [-0.2, -0.15) is 23.5 Å². The number of aliphatic hydroxyl groups is 9. The Hall–Kier alpha value is -1.14. The third-order valence-electron chi connectivity index (χ3n) is 10.6. The molecule has 2 heterocycles. The summed E-state index contributed by atoms with van der Waals surface area (Å²) in [5, 5.41) is 97.7. The number of aliphatic imine (C=N–C) groups is 1. The predicted molar refractivity (Wildman–Crippen MR) is 232 cm³/mol. The minimum absolute atomic E-state index is 0.0705. The molecule has 6 unspecified atom stereocenters. The topological polar surface area (TPSA) is 334 Å². The number of hydrogen-bond acceptors (Lipinski definition) is 21. The number of hydrogen-bond donors (Lipinski definition) is 12. The zero-order valence-electron chi connectivity index (χ0n) is 35.4. The second-order valence-electron chi connectivity index (χ2n) is 15.1. The Morgan fingerprint density at radius 1 is 0.726 bits per heavy atom. The fraction of sp³-hybridized carbons (Fsp3) is 0.921. The van der Waals surface area contributed by atoms with Gasteiger partial charge in [0.1, 0.15) is 54.7 Å². The lowest BCUT2D eigenvalue weighted by Gasteiger charge is -2.43. The van der Waals surface area contributed by atoms with Gasteiger partial charge < -0.3 is 90.7 Å². The van der Waals surface area contributed by atoms with Crippen molar-refractivity contribution in [2.24, 2.45) is 16.6 Å². The normalized spacial score (nSPS) is 34.2. The summed E-state index contributed by atoms with van der Waals surface area (Å²) < 4.78 is 34.8. The van der Waals surface area contributed by atoms with Gasteiger partial charge in [0, 0.05) is 82.6 Å². The van der Waals surface area contributed by atoms with Crippen LogP contribution in [0.4, 0.5) is 0 Å². The van der Waals surface area contributed by atoms with Crippen LogP contribution in [0.25, 0.3) is 0 Å². The van der Waals surface area contributed by atoms with Gasteiger partial charge in [-0.05, 0) is 37.2 Å². The highest BCUT2D eigenvalue weighted by molar-refractivity contribution is 8.00. The van der Waals surface area contributed by atoms with Crippen LogP contribution in [0.15, 0.2) is 4.99 Å². The van der Waals surface area contributed by atoms with Crippen LogP contribution >= 0.6 is 35.3 Å². The van der Waals surface area contributed by atoms with Crippen LogP contribution < -0.4 is 16.4 Å². The summed E-state index contributed by atoms with van der Waals surface area (Å²) in [7, 11) is 2.91. The number of nitrogens with one attached hydrogen (secondary N) is 2. The van der Waals surface area contributed by atoms with E-state index in [1.165, 1.54) is 25.9 Å². The van der Waals surface area contributed by atoms with E-state index in [-0.39, 0.29) is 57.5 Å². The van der Waals surface area contributed by atoms with Gasteiger partial charge in [-0.1, -0.05) is 0 Å². The SMILES string of the molecule is CNC(=O)CCC(=O)NCCSCCCOC1[C@@H](OC)OC(CCO[C@H]2OC(CO)[C@@H](O)[C@H](O)C2OCCCSCCN=C(N)CS[C@@H]2CC(CO)[C@H](O)[C@H](O)C2O)[C@@H](O)[C@@H]1O. The quantitative estimate of drug-likeness (QED) is 0.0194. The Morgan fingerprint density at radius 3 is 1.97 bits per heavy atom. The second kappa shape index (κ2) is 30.2. The molecule has 362 valence electrons. The maximum Gasteiger partial charge on any atom is 0.220 e. The summed E-state index contributed by atoms with van der Waals surface area (Å²) in [4.78, 5) is 27.4. The Labute approximate surface area is 375 Å². The Kier molecular flexibility index (Phi) is 26.9. The van der Waals surface area contributed by atoms with Crippen LogP contribution in [0.2, 0.25) is 0 Å². The standard InChI is InChI=1S/C38H70N4O17S3/c1-40-26(45)5-6-27(46)42-9-16-61-14-3-10-55-35-33(52)29(48)22(58-37(35)54-2)7-12-57-38-36(34(53)30(49)23(19-44)59-38)56-11-4-13-60-15-8-41-25(39)20-62-24-17-21(18-43)28(47)32(51)31(24)50/h21-24,28-38,43-44,47-53H,3-20H2,1-2H3,(H2,39,41)(H,40,45)(H,42,46)/t21?,22?,23?,24-,28+,29-,30-,31?,32+,33+,34+,35?,36?,37+,38+/m1/s1. The van der Waals surface area contributed by atoms with Gasteiger partial charge in [0.05, 0.1) is 37.3 Å². The largest absolute Gasteiger partial charge is 0.396 e. The maximum atomic E-state index is 11.8. The second-order valence-corrected chi connectivity index (χ2v) is 18.8. The number of thioether (sulfide) groups is 3. The van der Waals surface area contributed by atoms with Crippen molar-refractivity contribution in [2.45, 2.75) is 123 Å². The van der Waals surface area contributed by atoms with Gasteiger partial charge in [0.2, 0.25) is 11.8 Å². The molecule has 0 bridgehead atoms. The molecule has 1 saturated carbocycles. The van der Waals surface area contributed by atoms with E-state index in [0.717, 1.165) is 0 Å². The number of aliphatic hydroxyl groups excluding tert-OH is 9. The third-order valence-corrected chi connectivity index (χ3v) is 14.1. The zero-order chi connectivity index (χ0) is 45.6. The van der Waals surface area contributed by atoms with Gasteiger partial charge >= 0.3 is 0 Å². The van der Waals surface area contributed by atoms with Gasteiger partial charge in [-0.25, -0.2) is 0 Å². The molecule has 2 amide bonds. The fourth-order valence-electron chi connectivity index (χ4n) is 6.97. The maximum absolute atomic E-state index is 11.8. The van der Waals surface area contributed by atoms with Crippen LogP contribution in [0.1, 0.15) is 38.5 Å². The van der Waals surface area contributed by atoms with Crippen molar-refractivity contribution in [1.29, 1.82) is 0 Å². The highest BCUT2D eigenvalue weighted by Crippen LogP contribution is 2.33. The van der Waals surface area contributed by atoms with Crippen LogP contribution in [-0.4, -0.2) is 238 Å². The lowest BCUT2D eigenvalue weighted by atomic mass is 9.83. The number of carbonyl (C=O) groups excluding carboxylic acids is 2. The van der Waals surface area contributed by atoms with Crippen LogP contribution in [0.3, 0.4) is 0 Å². The van der Waals surface area contributed by atoms with E-state index in [1.54, 1.807) is 23.5 Å². The van der Waals surface area contributed by atoms with Crippen molar-refractivity contribution in [3.05, 3.63) is 0 Å². The number of rotatable bonds is 29. The van der Waals surface area contributed by atoms with Crippen LogP contribution in [0.5, 0.6) is 0 Å². The summed E-state index contributed by atoms with van der Waals surface area (Å²) in [6.07, 6.45) is -13.7. The number of carbonyl (C=O) groups is 2. The number of methoxy groups -OCH3 is 1. The molecule has 21 nitrogen and oxygen atoms in total. The van der Waals surface area contributed by atoms with Crippen LogP contribution in [0, 0.1) is 5.92 Å². The highest BCUT2D eigenvalue weighted by atomic mass is 32.2. The van der Waals surface area contributed by atoms with Gasteiger partial charge in [0.15, 0.2) is 12.6 Å². The molecule has 2 saturated heterocycles. The summed E-state index contributed by atoms with van der Waals surface area (Å²) in [5.74, 6) is 2.48. The first-order valence-corrected chi connectivity index (χ1v) is 24.3. The van der Waals surface area contributed by atoms with Crippen molar-refractivity contribution in [3.63, 3.8) is 0 Å². The van der Waals surface area contributed by atoms with Gasteiger partial charge in [-0.3, -0.25) is 14.6 Å². The summed E-state index contributed by atoms with van der Waals surface area (Å²) in [6.45, 7) is 0.371. The Morgan fingerprint density at radius 2 is 1.34 bits per heavy atom. The molecular weight excluding hydrogens is 881 g/mol. The minimum atomic E-state index is -1.44. The lowest BCUT2D eigenvalue weighted by Crippen LogP contribution is -2.60. The van der Waals surface area contributed by atoms with E-state index in [1.807, 2.05) is 0 Å². The van der Waals surface area contributed by atoms with E-state index in [4.69, 9.17) is 34.2 Å². The number of ether oxygens (including phenoxy) is 6. The summed E-state index contributed by atoms with van der Waals surface area (Å²) in [5.41, 5.74) is 6.05.